The number of benzene rings is 1. The Bertz CT molecular complexity index is 529. The van der Waals surface area contributed by atoms with Gasteiger partial charge in [0.05, 0.1) is 17.5 Å². The van der Waals surface area contributed by atoms with E-state index < -0.39 is 17.9 Å². The summed E-state index contributed by atoms with van der Waals surface area (Å²) in [5.74, 6) is -3.78. The first kappa shape index (κ1) is 13.4. The molecule has 0 fully saturated rings. The lowest BCUT2D eigenvalue weighted by Gasteiger charge is -2.05. The molecule has 0 aromatic heterocycles. The van der Waals surface area contributed by atoms with Gasteiger partial charge in [-0.15, -0.1) is 0 Å². The molecule has 0 aliphatic heterocycles. The fourth-order valence-electron chi connectivity index (χ4n) is 1.41. The van der Waals surface area contributed by atoms with Crippen LogP contribution in [0.25, 0.3) is 6.08 Å². The van der Waals surface area contributed by atoms with Crippen LogP contribution in [0.4, 0.5) is 0 Å². The van der Waals surface area contributed by atoms with Gasteiger partial charge < -0.3 is 15.3 Å². The zero-order chi connectivity index (χ0) is 13.7. The average molecular weight is 250 g/mol. The number of hydrogen-bond acceptors (Lipinski definition) is 3. The van der Waals surface area contributed by atoms with Crippen LogP contribution in [0.2, 0.25) is 0 Å². The van der Waals surface area contributed by atoms with E-state index in [4.69, 9.17) is 15.3 Å². The molecule has 1 aromatic rings. The number of hydrogen-bond donors (Lipinski definition) is 3. The molecule has 0 amide bonds. The summed E-state index contributed by atoms with van der Waals surface area (Å²) in [5.41, 5.74) is -0.532. The van der Waals surface area contributed by atoms with Crippen molar-refractivity contribution >= 4 is 24.0 Å². The van der Waals surface area contributed by atoms with Gasteiger partial charge in [0.15, 0.2) is 0 Å². The van der Waals surface area contributed by atoms with E-state index in [0.717, 1.165) is 0 Å². The molecule has 1 rings (SSSR count). The number of rotatable bonds is 5. The van der Waals surface area contributed by atoms with Gasteiger partial charge in [0.2, 0.25) is 0 Å². The minimum atomic E-state index is -1.37. The number of aromatic carboxylic acids is 2. The third-order valence-corrected chi connectivity index (χ3v) is 2.13. The van der Waals surface area contributed by atoms with Crippen molar-refractivity contribution in [2.24, 2.45) is 0 Å². The maximum absolute atomic E-state index is 11.0. The summed E-state index contributed by atoms with van der Waals surface area (Å²) in [4.78, 5) is 32.2. The quantitative estimate of drug-likeness (QED) is 0.731. The number of aliphatic carboxylic acids is 1. The third kappa shape index (κ3) is 3.18. The highest BCUT2D eigenvalue weighted by Gasteiger charge is 2.18. The van der Waals surface area contributed by atoms with Crippen LogP contribution < -0.4 is 0 Å². The monoisotopic (exact) mass is 250 g/mol. The third-order valence-electron chi connectivity index (χ3n) is 2.13. The SMILES string of the molecule is O=C(O)C/C=C/c1cccc(C(=O)O)c1C(=O)O. The van der Waals surface area contributed by atoms with Crippen LogP contribution in [0.15, 0.2) is 24.3 Å². The highest BCUT2D eigenvalue weighted by molar-refractivity contribution is 6.04. The van der Waals surface area contributed by atoms with Crippen molar-refractivity contribution in [3.8, 4) is 0 Å². The fourth-order valence-corrected chi connectivity index (χ4v) is 1.41. The molecule has 0 atom stereocenters. The Morgan fingerprint density at radius 3 is 2.22 bits per heavy atom. The zero-order valence-electron chi connectivity index (χ0n) is 9.16. The minimum absolute atomic E-state index is 0.156. The summed E-state index contributed by atoms with van der Waals surface area (Å²) in [5, 5.41) is 26.3. The second-order valence-corrected chi connectivity index (χ2v) is 3.38. The largest absolute Gasteiger partial charge is 0.481 e. The Morgan fingerprint density at radius 2 is 1.72 bits per heavy atom. The van der Waals surface area contributed by atoms with Crippen LogP contribution in [0.5, 0.6) is 0 Å². The van der Waals surface area contributed by atoms with E-state index in [1.807, 2.05) is 0 Å². The predicted molar refractivity (Wildman–Crippen MR) is 61.6 cm³/mol. The van der Waals surface area contributed by atoms with Gasteiger partial charge in [0, 0.05) is 0 Å². The Kier molecular flexibility index (Phi) is 4.20. The van der Waals surface area contributed by atoms with E-state index in [-0.39, 0.29) is 23.1 Å². The highest BCUT2D eigenvalue weighted by atomic mass is 16.4. The topological polar surface area (TPSA) is 112 Å². The number of carboxylic acids is 3. The highest BCUT2D eigenvalue weighted by Crippen LogP contribution is 2.17. The van der Waals surface area contributed by atoms with Crippen LogP contribution in [-0.2, 0) is 4.79 Å². The Balaban J connectivity index is 3.23. The summed E-state index contributed by atoms with van der Waals surface area (Å²) in [6, 6.07) is 3.99. The molecule has 94 valence electrons. The summed E-state index contributed by atoms with van der Waals surface area (Å²) >= 11 is 0. The first-order chi connectivity index (χ1) is 8.43. The molecular formula is C12H10O6. The van der Waals surface area contributed by atoms with Gasteiger partial charge in [-0.1, -0.05) is 24.3 Å². The number of carbonyl (C=O) groups is 3. The first-order valence-corrected chi connectivity index (χ1v) is 4.91. The van der Waals surface area contributed by atoms with Crippen molar-refractivity contribution in [1.82, 2.24) is 0 Å². The lowest BCUT2D eigenvalue weighted by molar-refractivity contribution is -0.135. The first-order valence-electron chi connectivity index (χ1n) is 4.91. The molecule has 1 aromatic carbocycles. The maximum Gasteiger partial charge on any atom is 0.337 e. The molecule has 0 saturated heterocycles. The van der Waals surface area contributed by atoms with Gasteiger partial charge in [-0.05, 0) is 11.6 Å². The van der Waals surface area contributed by atoms with Crippen LogP contribution in [0.1, 0.15) is 32.7 Å². The van der Waals surface area contributed by atoms with E-state index in [1.165, 1.54) is 30.4 Å². The van der Waals surface area contributed by atoms with Crippen molar-refractivity contribution in [1.29, 1.82) is 0 Å². The van der Waals surface area contributed by atoms with E-state index in [2.05, 4.69) is 0 Å². The smallest absolute Gasteiger partial charge is 0.337 e. The molecule has 6 nitrogen and oxygen atoms in total. The molecule has 3 N–H and O–H groups in total. The van der Waals surface area contributed by atoms with E-state index in [0.29, 0.717) is 0 Å². The lowest BCUT2D eigenvalue weighted by Crippen LogP contribution is -2.09. The van der Waals surface area contributed by atoms with Gasteiger partial charge in [0.25, 0.3) is 0 Å². The van der Waals surface area contributed by atoms with Gasteiger partial charge in [0.1, 0.15) is 0 Å². The maximum atomic E-state index is 11.0. The second-order valence-electron chi connectivity index (χ2n) is 3.38. The molecule has 0 heterocycles. The normalized spacial score (nSPS) is 10.4. The second kappa shape index (κ2) is 5.62. The lowest BCUT2D eigenvalue weighted by atomic mass is 10.0. The van der Waals surface area contributed by atoms with Crippen LogP contribution in [0.3, 0.4) is 0 Å². The summed E-state index contributed by atoms with van der Waals surface area (Å²) in [7, 11) is 0. The van der Waals surface area contributed by atoms with E-state index >= 15 is 0 Å². The van der Waals surface area contributed by atoms with Crippen LogP contribution >= 0.6 is 0 Å². The molecule has 0 bridgehead atoms. The molecular weight excluding hydrogens is 240 g/mol. The van der Waals surface area contributed by atoms with Gasteiger partial charge in [-0.2, -0.15) is 0 Å². The van der Waals surface area contributed by atoms with Gasteiger partial charge in [-0.3, -0.25) is 4.79 Å². The molecule has 0 saturated carbocycles. The van der Waals surface area contributed by atoms with Crippen molar-refractivity contribution < 1.29 is 29.7 Å². The van der Waals surface area contributed by atoms with E-state index in [1.54, 1.807) is 0 Å². The van der Waals surface area contributed by atoms with Crippen LogP contribution in [0, 0.1) is 0 Å². The minimum Gasteiger partial charge on any atom is -0.481 e. The van der Waals surface area contributed by atoms with E-state index in [9.17, 15) is 14.4 Å². The van der Waals surface area contributed by atoms with Crippen molar-refractivity contribution in [2.45, 2.75) is 6.42 Å². The fraction of sp³-hybridized carbons (Fsp3) is 0.0833. The van der Waals surface area contributed by atoms with Crippen LogP contribution in [-0.4, -0.2) is 33.2 Å². The average Bonchev–Trinajstić information content (AvgIpc) is 2.27. The van der Waals surface area contributed by atoms with Crippen molar-refractivity contribution in [3.05, 3.63) is 41.0 Å². The predicted octanol–water partition coefficient (Wildman–Crippen LogP) is 1.57. The molecule has 0 spiro atoms. The van der Waals surface area contributed by atoms with Gasteiger partial charge >= 0.3 is 17.9 Å². The molecule has 0 aliphatic carbocycles. The Morgan fingerprint density at radius 1 is 1.06 bits per heavy atom. The summed E-state index contributed by atoms with van der Waals surface area (Å²) < 4.78 is 0. The van der Waals surface area contributed by atoms with Gasteiger partial charge in [-0.25, -0.2) is 9.59 Å². The number of carboxylic acid groups (broad SMARTS) is 3. The standard InChI is InChI=1S/C12H10O6/c13-9(14)6-2-4-7-3-1-5-8(11(15)16)10(7)12(17)18/h1-5H,6H2,(H,13,14)(H,15,16)(H,17,18)/b4-2+. The van der Waals surface area contributed by atoms with Crippen molar-refractivity contribution in [3.63, 3.8) is 0 Å². The molecule has 0 radical (unpaired) electrons. The molecule has 0 unspecified atom stereocenters. The van der Waals surface area contributed by atoms with Crippen molar-refractivity contribution in [2.75, 3.05) is 0 Å². The zero-order valence-corrected chi connectivity index (χ0v) is 9.16. The summed E-state index contributed by atoms with van der Waals surface area (Å²) in [6.45, 7) is 0. The Labute approximate surface area is 102 Å². The molecule has 6 heteroatoms. The molecule has 0 aliphatic rings. The molecule has 18 heavy (non-hydrogen) atoms. The summed E-state index contributed by atoms with van der Waals surface area (Å²) in [6.07, 6.45) is 2.27. The Hall–Kier alpha value is -2.63.